The summed E-state index contributed by atoms with van der Waals surface area (Å²) in [6.45, 7) is 3.30. The highest BCUT2D eigenvalue weighted by molar-refractivity contribution is 6.33. The highest BCUT2D eigenvalue weighted by Crippen LogP contribution is 2.35. The number of para-hydroxylation sites is 1. The van der Waals surface area contributed by atoms with Crippen molar-refractivity contribution < 1.29 is 4.74 Å². The van der Waals surface area contributed by atoms with Crippen LogP contribution in [0.5, 0.6) is 0 Å². The first-order valence-corrected chi connectivity index (χ1v) is 15.8. The number of halogens is 1. The summed E-state index contributed by atoms with van der Waals surface area (Å²) in [5.74, 6) is 1.89. The molecule has 8 nitrogen and oxygen atoms in total. The highest BCUT2D eigenvalue weighted by Gasteiger charge is 2.25. The van der Waals surface area contributed by atoms with Crippen LogP contribution in [0.4, 0.5) is 23.1 Å². The fourth-order valence-corrected chi connectivity index (χ4v) is 6.83. The van der Waals surface area contributed by atoms with Crippen LogP contribution in [0.15, 0.2) is 61.1 Å². The first-order chi connectivity index (χ1) is 20.7. The maximum absolute atomic E-state index is 6.60. The molecule has 42 heavy (non-hydrogen) atoms. The molecule has 2 unspecified atom stereocenters. The van der Waals surface area contributed by atoms with Crippen molar-refractivity contribution in [1.82, 2.24) is 24.4 Å². The molecule has 2 aromatic carbocycles. The number of hydrogen-bond donors (Lipinski definition) is 2. The fourth-order valence-electron chi connectivity index (χ4n) is 6.70. The zero-order valence-electron chi connectivity index (χ0n) is 23.9. The summed E-state index contributed by atoms with van der Waals surface area (Å²) >= 11 is 6.60. The number of ether oxygens (including phenoxy) is 1. The largest absolute Gasteiger partial charge is 0.358 e. The van der Waals surface area contributed by atoms with Gasteiger partial charge in [0.15, 0.2) is 5.82 Å². The minimum absolute atomic E-state index is 0.00485. The molecule has 4 heterocycles. The van der Waals surface area contributed by atoms with Crippen molar-refractivity contribution >= 4 is 34.7 Å². The summed E-state index contributed by atoms with van der Waals surface area (Å²) in [4.78, 5) is 16.6. The van der Waals surface area contributed by atoms with Gasteiger partial charge in [-0.25, -0.2) is 9.97 Å². The molecule has 2 aliphatic heterocycles. The highest BCUT2D eigenvalue weighted by atomic mass is 35.5. The van der Waals surface area contributed by atoms with Crippen LogP contribution in [-0.4, -0.2) is 50.2 Å². The van der Waals surface area contributed by atoms with Crippen LogP contribution in [0.1, 0.15) is 62.3 Å². The number of aromatic nitrogens is 4. The monoisotopic (exact) mass is 583 g/mol. The summed E-state index contributed by atoms with van der Waals surface area (Å²) in [5, 5.41) is 7.33. The number of hydrogen-bond acceptors (Lipinski definition) is 7. The van der Waals surface area contributed by atoms with Crippen molar-refractivity contribution in [3.63, 3.8) is 0 Å². The molecule has 4 aromatic rings. The van der Waals surface area contributed by atoms with Gasteiger partial charge in [0.1, 0.15) is 17.1 Å². The Labute approximate surface area is 252 Å². The van der Waals surface area contributed by atoms with E-state index in [9.17, 15) is 0 Å². The van der Waals surface area contributed by atoms with Gasteiger partial charge in [0, 0.05) is 36.3 Å². The number of benzene rings is 2. The Balaban J connectivity index is 1.09. The van der Waals surface area contributed by atoms with E-state index in [1.807, 2.05) is 30.6 Å². The SMILES string of the molecule is Clc1cnc(Nc2ccc3c(c2)CCC(N2CCCC2)CC3)nc1Nc1ccccc1-c1nccn1C1CCCCO1. The molecule has 2 saturated heterocycles. The molecule has 3 aliphatic rings. The summed E-state index contributed by atoms with van der Waals surface area (Å²) in [6, 6.07) is 15.5. The van der Waals surface area contributed by atoms with Crippen molar-refractivity contribution in [1.29, 1.82) is 0 Å². The molecule has 2 aromatic heterocycles. The zero-order chi connectivity index (χ0) is 28.3. The van der Waals surface area contributed by atoms with Gasteiger partial charge in [-0.3, -0.25) is 0 Å². The number of fused-ring (bicyclic) bond motifs is 1. The van der Waals surface area contributed by atoms with Gasteiger partial charge in [-0.15, -0.1) is 0 Å². The Bertz CT molecular complexity index is 1530. The zero-order valence-corrected chi connectivity index (χ0v) is 24.7. The Hall–Kier alpha value is -3.46. The van der Waals surface area contributed by atoms with Crippen molar-refractivity contribution in [2.24, 2.45) is 0 Å². The summed E-state index contributed by atoms with van der Waals surface area (Å²) in [7, 11) is 0. The lowest BCUT2D eigenvalue weighted by molar-refractivity contribution is -0.0309. The van der Waals surface area contributed by atoms with Crippen LogP contribution in [0, 0.1) is 0 Å². The molecule has 0 bridgehead atoms. The molecule has 7 rings (SSSR count). The third-order valence-electron chi connectivity index (χ3n) is 8.91. The van der Waals surface area contributed by atoms with E-state index in [-0.39, 0.29) is 6.23 Å². The number of imidazole rings is 1. The van der Waals surface area contributed by atoms with E-state index in [2.05, 4.69) is 49.4 Å². The van der Waals surface area contributed by atoms with Gasteiger partial charge in [0.2, 0.25) is 5.95 Å². The molecule has 0 amide bonds. The van der Waals surface area contributed by atoms with Crippen LogP contribution in [0.3, 0.4) is 0 Å². The van der Waals surface area contributed by atoms with Gasteiger partial charge in [-0.2, -0.15) is 4.98 Å². The van der Waals surface area contributed by atoms with Crippen molar-refractivity contribution in [3.8, 4) is 11.4 Å². The van der Waals surface area contributed by atoms with Gasteiger partial charge in [-0.1, -0.05) is 29.8 Å². The van der Waals surface area contributed by atoms with Gasteiger partial charge < -0.3 is 24.8 Å². The molecule has 2 fully saturated rings. The van der Waals surface area contributed by atoms with Crippen molar-refractivity contribution in [3.05, 3.63) is 77.2 Å². The van der Waals surface area contributed by atoms with E-state index in [0.29, 0.717) is 22.8 Å². The van der Waals surface area contributed by atoms with E-state index >= 15 is 0 Å². The summed E-state index contributed by atoms with van der Waals surface area (Å²) < 4.78 is 8.18. The minimum Gasteiger partial charge on any atom is -0.358 e. The fraction of sp³-hybridized carbons (Fsp3) is 0.424. The van der Waals surface area contributed by atoms with E-state index in [0.717, 1.165) is 61.5 Å². The molecular weight excluding hydrogens is 546 g/mol. The van der Waals surface area contributed by atoms with Crippen molar-refractivity contribution in [2.75, 3.05) is 30.3 Å². The van der Waals surface area contributed by atoms with E-state index in [1.54, 1.807) is 6.20 Å². The molecule has 0 radical (unpaired) electrons. The Kier molecular flexibility index (Phi) is 8.09. The molecular formula is C33H38ClN7O. The lowest BCUT2D eigenvalue weighted by Crippen LogP contribution is -2.32. The second kappa shape index (κ2) is 12.4. The van der Waals surface area contributed by atoms with E-state index in [4.69, 9.17) is 26.3 Å². The first kappa shape index (κ1) is 27.4. The number of anilines is 4. The van der Waals surface area contributed by atoms with Gasteiger partial charge in [0.05, 0.1) is 11.9 Å². The van der Waals surface area contributed by atoms with E-state index in [1.165, 1.54) is 49.9 Å². The summed E-state index contributed by atoms with van der Waals surface area (Å²) in [6.07, 6.45) is 16.1. The normalized spacial score (nSPS) is 21.1. The number of likely N-dealkylation sites (tertiary alicyclic amines) is 1. The number of nitrogens with zero attached hydrogens (tertiary/aromatic N) is 5. The second-order valence-corrected chi connectivity index (χ2v) is 12.0. The number of rotatable bonds is 7. The average molecular weight is 584 g/mol. The Morgan fingerprint density at radius 3 is 2.60 bits per heavy atom. The van der Waals surface area contributed by atoms with Crippen LogP contribution in [-0.2, 0) is 17.6 Å². The number of nitrogens with one attached hydrogen (secondary N) is 2. The predicted octanol–water partition coefficient (Wildman–Crippen LogP) is 7.52. The standard InChI is InChI=1S/C33H38ClN7O/c34-28-22-36-33(37-25-13-10-23-11-14-26(15-12-24(23)21-25)40-17-4-5-18-40)39-31(28)38-29-8-2-1-7-27(29)32-35-16-19-41(32)30-9-3-6-20-42-30/h1-2,7-8,10,13,16,19,21-22,26,30H,3-6,9,11-12,14-15,17-18,20H2,(H2,36,37,38,39). The lowest BCUT2D eigenvalue weighted by Gasteiger charge is -2.25. The molecule has 218 valence electrons. The maximum Gasteiger partial charge on any atom is 0.229 e. The molecule has 1 aliphatic carbocycles. The summed E-state index contributed by atoms with van der Waals surface area (Å²) in [5.41, 5.74) is 5.72. The lowest BCUT2D eigenvalue weighted by atomic mass is 10.0. The first-order valence-electron chi connectivity index (χ1n) is 15.4. The Morgan fingerprint density at radius 1 is 0.881 bits per heavy atom. The maximum atomic E-state index is 6.60. The molecule has 9 heteroatoms. The van der Waals surface area contributed by atoms with Gasteiger partial charge in [-0.05, 0) is 106 Å². The average Bonchev–Trinajstić information content (AvgIpc) is 3.70. The Morgan fingerprint density at radius 2 is 1.74 bits per heavy atom. The van der Waals surface area contributed by atoms with Crippen LogP contribution < -0.4 is 10.6 Å². The van der Waals surface area contributed by atoms with E-state index < -0.39 is 0 Å². The van der Waals surface area contributed by atoms with Crippen LogP contribution in [0.2, 0.25) is 5.02 Å². The third kappa shape index (κ3) is 5.89. The van der Waals surface area contributed by atoms with Gasteiger partial charge in [0.25, 0.3) is 0 Å². The molecule has 0 spiro atoms. The number of aryl methyl sites for hydroxylation is 2. The quantitative estimate of drug-likeness (QED) is 0.218. The molecule has 2 N–H and O–H groups in total. The van der Waals surface area contributed by atoms with Crippen LogP contribution >= 0.6 is 11.6 Å². The molecule has 0 saturated carbocycles. The third-order valence-corrected chi connectivity index (χ3v) is 9.19. The minimum atomic E-state index is -0.00485. The predicted molar refractivity (Wildman–Crippen MR) is 168 cm³/mol. The second-order valence-electron chi connectivity index (χ2n) is 11.6. The topological polar surface area (TPSA) is 80.1 Å². The van der Waals surface area contributed by atoms with Gasteiger partial charge >= 0.3 is 0 Å². The molecule has 2 atom stereocenters. The smallest absolute Gasteiger partial charge is 0.229 e. The van der Waals surface area contributed by atoms with Crippen molar-refractivity contribution in [2.45, 2.75) is 70.1 Å². The van der Waals surface area contributed by atoms with Crippen LogP contribution in [0.25, 0.3) is 11.4 Å².